The smallest absolute Gasteiger partial charge is 0.337 e. The Balaban J connectivity index is 1.90. The van der Waals surface area contributed by atoms with Gasteiger partial charge in [0.15, 0.2) is 0 Å². The van der Waals surface area contributed by atoms with Crippen molar-refractivity contribution in [3.05, 3.63) is 23.9 Å². The van der Waals surface area contributed by atoms with Crippen LogP contribution >= 0.6 is 21.6 Å². The summed E-state index contributed by atoms with van der Waals surface area (Å²) in [4.78, 5) is 14.9. The Bertz CT molecular complexity index is 424. The molecule has 0 fully saturated rings. The number of hydrogen-bond acceptors (Lipinski definition) is 4. The van der Waals surface area contributed by atoms with E-state index in [0.717, 1.165) is 10.8 Å². The molecule has 23 heavy (non-hydrogen) atoms. The van der Waals surface area contributed by atoms with Crippen molar-refractivity contribution in [2.75, 3.05) is 5.75 Å². The molecule has 3 nitrogen and oxygen atoms in total. The van der Waals surface area contributed by atoms with Crippen molar-refractivity contribution in [2.24, 2.45) is 0 Å². The van der Waals surface area contributed by atoms with Gasteiger partial charge in [0.1, 0.15) is 5.03 Å². The van der Waals surface area contributed by atoms with E-state index in [1.54, 1.807) is 33.7 Å². The number of aromatic nitrogens is 1. The number of nitrogens with zero attached hydrogens (tertiary/aromatic N) is 1. The quantitative estimate of drug-likeness (QED) is 0.307. The summed E-state index contributed by atoms with van der Waals surface area (Å²) in [6, 6.07) is 3.39. The number of pyridine rings is 1. The van der Waals surface area contributed by atoms with Crippen LogP contribution in [0.2, 0.25) is 0 Å². The molecule has 1 rings (SSSR count). The Morgan fingerprint density at radius 1 is 1.00 bits per heavy atom. The summed E-state index contributed by atoms with van der Waals surface area (Å²) in [7, 11) is 3.44. The van der Waals surface area contributed by atoms with Crippen molar-refractivity contribution in [1.82, 2.24) is 4.98 Å². The van der Waals surface area contributed by atoms with E-state index in [9.17, 15) is 4.79 Å². The Morgan fingerprint density at radius 3 is 2.13 bits per heavy atom. The van der Waals surface area contributed by atoms with Gasteiger partial charge in [-0.15, -0.1) is 0 Å². The van der Waals surface area contributed by atoms with Crippen molar-refractivity contribution >= 4 is 27.6 Å². The summed E-state index contributed by atoms with van der Waals surface area (Å²) in [5, 5.41) is 9.69. The first-order chi connectivity index (χ1) is 11.2. The Kier molecular flexibility index (Phi) is 12.2. The summed E-state index contributed by atoms with van der Waals surface area (Å²) in [6.07, 6.45) is 15.1. The van der Waals surface area contributed by atoms with Crippen molar-refractivity contribution in [2.45, 2.75) is 76.2 Å². The molecule has 1 heterocycles. The second-order valence-electron chi connectivity index (χ2n) is 5.78. The highest BCUT2D eigenvalue weighted by molar-refractivity contribution is 8.76. The number of carboxylic acids is 1. The lowest BCUT2D eigenvalue weighted by atomic mass is 10.1. The van der Waals surface area contributed by atoms with Crippen LogP contribution in [0.4, 0.5) is 0 Å². The van der Waals surface area contributed by atoms with Gasteiger partial charge < -0.3 is 5.11 Å². The molecule has 130 valence electrons. The lowest BCUT2D eigenvalue weighted by Crippen LogP contribution is -1.96. The maximum Gasteiger partial charge on any atom is 0.337 e. The third-order valence-electron chi connectivity index (χ3n) is 3.71. The Hall–Kier alpha value is -0.680. The highest BCUT2D eigenvalue weighted by atomic mass is 33.1. The van der Waals surface area contributed by atoms with E-state index >= 15 is 0 Å². The van der Waals surface area contributed by atoms with E-state index in [-0.39, 0.29) is 5.56 Å². The van der Waals surface area contributed by atoms with Crippen molar-refractivity contribution < 1.29 is 9.90 Å². The fourth-order valence-corrected chi connectivity index (χ4v) is 4.31. The van der Waals surface area contributed by atoms with Gasteiger partial charge in [-0.25, -0.2) is 9.78 Å². The number of carbonyl (C=O) groups is 1. The van der Waals surface area contributed by atoms with Crippen LogP contribution in [0.25, 0.3) is 0 Å². The van der Waals surface area contributed by atoms with Gasteiger partial charge in [-0.3, -0.25) is 0 Å². The highest BCUT2D eigenvalue weighted by Crippen LogP contribution is 2.30. The molecule has 1 aromatic heterocycles. The molecule has 0 unspecified atom stereocenters. The van der Waals surface area contributed by atoms with E-state index in [0.29, 0.717) is 0 Å². The molecule has 0 amide bonds. The standard InChI is InChI=1S/C18H29NO2S2/c1-2-3-4-5-6-7-8-9-10-11-14-22-23-17-13-12-16(15-19-17)18(20)21/h12-13,15H,2-11,14H2,1H3,(H,20,21). The highest BCUT2D eigenvalue weighted by Gasteiger charge is 2.03. The number of carboxylic acid groups (broad SMARTS) is 1. The van der Waals surface area contributed by atoms with Crippen molar-refractivity contribution in [3.63, 3.8) is 0 Å². The molecule has 0 aliphatic carbocycles. The molecule has 1 aromatic rings. The lowest BCUT2D eigenvalue weighted by Gasteiger charge is -2.03. The van der Waals surface area contributed by atoms with Crippen LogP contribution < -0.4 is 0 Å². The zero-order chi connectivity index (χ0) is 16.8. The van der Waals surface area contributed by atoms with Gasteiger partial charge in [0.05, 0.1) is 5.56 Å². The molecule has 0 aromatic carbocycles. The van der Waals surface area contributed by atoms with E-state index in [2.05, 4.69) is 11.9 Å². The molecule has 0 radical (unpaired) electrons. The van der Waals surface area contributed by atoms with Crippen molar-refractivity contribution in [3.8, 4) is 0 Å². The molecule has 5 heteroatoms. The second-order valence-corrected chi connectivity index (χ2v) is 8.21. The topological polar surface area (TPSA) is 50.2 Å². The minimum absolute atomic E-state index is 0.244. The van der Waals surface area contributed by atoms with Crippen LogP contribution in [-0.4, -0.2) is 21.8 Å². The molecule has 0 aliphatic rings. The summed E-state index contributed by atoms with van der Waals surface area (Å²) < 4.78 is 0. The maximum atomic E-state index is 10.7. The van der Waals surface area contributed by atoms with Gasteiger partial charge in [-0.05, 0) is 29.3 Å². The monoisotopic (exact) mass is 355 g/mol. The summed E-state index contributed by atoms with van der Waals surface area (Å²) in [5.74, 6) is 0.204. The molecule has 0 atom stereocenters. The second kappa shape index (κ2) is 13.7. The van der Waals surface area contributed by atoms with Crippen molar-refractivity contribution in [1.29, 1.82) is 0 Å². The van der Waals surface area contributed by atoms with Crippen LogP contribution in [0.1, 0.15) is 81.5 Å². The van der Waals surface area contributed by atoms with Gasteiger partial charge in [0.25, 0.3) is 0 Å². The van der Waals surface area contributed by atoms with E-state index < -0.39 is 5.97 Å². The van der Waals surface area contributed by atoms with Crippen LogP contribution in [0, 0.1) is 0 Å². The van der Waals surface area contributed by atoms with E-state index in [4.69, 9.17) is 5.11 Å². The minimum Gasteiger partial charge on any atom is -0.478 e. The fraction of sp³-hybridized carbons (Fsp3) is 0.667. The summed E-state index contributed by atoms with van der Waals surface area (Å²) in [5.41, 5.74) is 0.244. The zero-order valence-corrected chi connectivity index (χ0v) is 15.8. The third-order valence-corrected chi connectivity index (χ3v) is 6.06. The summed E-state index contributed by atoms with van der Waals surface area (Å²) >= 11 is 0. The Morgan fingerprint density at radius 2 is 1.61 bits per heavy atom. The molecular formula is C18H29NO2S2. The van der Waals surface area contributed by atoms with E-state index in [1.165, 1.54) is 70.4 Å². The normalized spacial score (nSPS) is 10.8. The first-order valence-corrected chi connectivity index (χ1v) is 11.0. The zero-order valence-electron chi connectivity index (χ0n) is 14.1. The van der Waals surface area contributed by atoms with E-state index in [1.807, 2.05) is 0 Å². The van der Waals surface area contributed by atoms with Gasteiger partial charge in [0.2, 0.25) is 0 Å². The first-order valence-electron chi connectivity index (χ1n) is 8.73. The third kappa shape index (κ3) is 10.7. The molecule has 0 bridgehead atoms. The largest absolute Gasteiger partial charge is 0.478 e. The van der Waals surface area contributed by atoms with Crippen LogP contribution in [0.3, 0.4) is 0 Å². The SMILES string of the molecule is CCCCCCCCCCCCSSc1ccc(C(=O)O)cn1. The number of rotatable bonds is 14. The average molecular weight is 356 g/mol. The van der Waals surface area contributed by atoms with Crippen LogP contribution in [-0.2, 0) is 0 Å². The van der Waals surface area contributed by atoms with Crippen LogP contribution in [0.15, 0.2) is 23.4 Å². The lowest BCUT2D eigenvalue weighted by molar-refractivity contribution is 0.0696. The number of hydrogen-bond donors (Lipinski definition) is 1. The van der Waals surface area contributed by atoms with Gasteiger partial charge in [0, 0.05) is 11.9 Å². The number of aromatic carboxylic acids is 1. The molecular weight excluding hydrogens is 326 g/mol. The maximum absolute atomic E-state index is 10.7. The van der Waals surface area contributed by atoms with Crippen LogP contribution in [0.5, 0.6) is 0 Å². The molecule has 0 spiro atoms. The molecule has 1 N–H and O–H groups in total. The number of unbranched alkanes of at least 4 members (excludes halogenated alkanes) is 9. The minimum atomic E-state index is -0.924. The summed E-state index contributed by atoms with van der Waals surface area (Å²) in [6.45, 7) is 2.26. The predicted octanol–water partition coefficient (Wildman–Crippen LogP) is 6.44. The van der Waals surface area contributed by atoms with Gasteiger partial charge in [-0.1, -0.05) is 75.5 Å². The fourth-order valence-electron chi connectivity index (χ4n) is 2.31. The first kappa shape index (κ1) is 20.4. The predicted molar refractivity (Wildman–Crippen MR) is 101 cm³/mol. The molecule has 0 saturated heterocycles. The molecule has 0 saturated carbocycles. The Labute approximate surface area is 148 Å². The average Bonchev–Trinajstić information content (AvgIpc) is 2.56. The molecule has 0 aliphatic heterocycles. The van der Waals surface area contributed by atoms with Gasteiger partial charge in [-0.2, -0.15) is 0 Å². The van der Waals surface area contributed by atoms with Gasteiger partial charge >= 0.3 is 5.97 Å².